The standard InChI is InChI=1S/C39H78O19/c1-39(2,3)58-38(41)4-6-42-8-10-44-12-14-46-16-18-48-20-22-50-24-26-52-28-30-54-32-34-56-36-37-57-35-33-55-31-29-53-27-25-51-23-21-49-19-17-47-15-13-45-11-9-43-7-5-40/h40H,4-37H2,1-3H3. The van der Waals surface area contributed by atoms with Gasteiger partial charge in [-0.2, -0.15) is 0 Å². The number of aliphatic hydroxyl groups is 1. The Balaban J connectivity index is 3.09. The van der Waals surface area contributed by atoms with Crippen LogP contribution in [0.4, 0.5) is 0 Å². The Morgan fingerprint density at radius 2 is 0.448 bits per heavy atom. The van der Waals surface area contributed by atoms with Crippen LogP contribution in [0.5, 0.6) is 0 Å². The Kier molecular flexibility index (Phi) is 47.4. The average molecular weight is 851 g/mol. The largest absolute Gasteiger partial charge is 0.460 e. The Morgan fingerprint density at radius 1 is 0.293 bits per heavy atom. The molecular weight excluding hydrogens is 772 g/mol. The van der Waals surface area contributed by atoms with E-state index < -0.39 is 5.60 Å². The van der Waals surface area contributed by atoms with Crippen molar-refractivity contribution in [3.8, 4) is 0 Å². The molecule has 0 aromatic carbocycles. The van der Waals surface area contributed by atoms with Crippen LogP contribution in [0.3, 0.4) is 0 Å². The first-order valence-corrected chi connectivity index (χ1v) is 20.5. The van der Waals surface area contributed by atoms with Gasteiger partial charge in [0.1, 0.15) is 5.60 Å². The van der Waals surface area contributed by atoms with Crippen molar-refractivity contribution in [3.05, 3.63) is 0 Å². The summed E-state index contributed by atoms with van der Waals surface area (Å²) in [5, 5.41) is 8.59. The third-order valence-electron chi connectivity index (χ3n) is 6.69. The molecule has 0 aromatic heterocycles. The molecule has 348 valence electrons. The van der Waals surface area contributed by atoms with Gasteiger partial charge in [0.15, 0.2) is 0 Å². The van der Waals surface area contributed by atoms with E-state index in [4.69, 9.17) is 85.6 Å². The molecule has 0 radical (unpaired) electrons. The summed E-state index contributed by atoms with van der Waals surface area (Å²) in [5.41, 5.74) is -0.479. The summed E-state index contributed by atoms with van der Waals surface area (Å²) in [5.74, 6) is -0.269. The van der Waals surface area contributed by atoms with Crippen molar-refractivity contribution in [2.24, 2.45) is 0 Å². The summed E-state index contributed by atoms with van der Waals surface area (Å²) in [6.07, 6.45) is 0.227. The third-order valence-corrected chi connectivity index (χ3v) is 6.69. The molecule has 0 atom stereocenters. The van der Waals surface area contributed by atoms with E-state index in [1.165, 1.54) is 0 Å². The van der Waals surface area contributed by atoms with Crippen molar-refractivity contribution in [1.29, 1.82) is 0 Å². The van der Waals surface area contributed by atoms with Gasteiger partial charge in [-0.25, -0.2) is 0 Å². The molecule has 0 saturated carbocycles. The molecule has 0 amide bonds. The van der Waals surface area contributed by atoms with Crippen LogP contribution in [0, 0.1) is 0 Å². The normalized spacial score (nSPS) is 11.9. The predicted octanol–water partition coefficient (Wildman–Crippen LogP) is 0.976. The second-order valence-corrected chi connectivity index (χ2v) is 12.9. The molecule has 58 heavy (non-hydrogen) atoms. The molecular formula is C39H78O19. The van der Waals surface area contributed by atoms with E-state index in [2.05, 4.69) is 0 Å². The van der Waals surface area contributed by atoms with E-state index in [-0.39, 0.29) is 19.0 Å². The van der Waals surface area contributed by atoms with E-state index in [0.717, 1.165) is 0 Å². The van der Waals surface area contributed by atoms with Crippen LogP contribution < -0.4 is 0 Å². The first kappa shape index (κ1) is 56.8. The Bertz CT molecular complexity index is 793. The van der Waals surface area contributed by atoms with Crippen LogP contribution in [-0.2, 0) is 85.3 Å². The van der Waals surface area contributed by atoms with E-state index in [0.29, 0.717) is 211 Å². The number of rotatable bonds is 50. The summed E-state index contributed by atoms with van der Waals surface area (Å²) < 4.78 is 92.1. The quantitative estimate of drug-likeness (QED) is 0.0672. The van der Waals surface area contributed by atoms with Gasteiger partial charge in [0.05, 0.1) is 224 Å². The molecule has 0 rings (SSSR count). The summed E-state index contributed by atoms with van der Waals surface area (Å²) in [6.45, 7) is 20.7. The number of hydrogen-bond acceptors (Lipinski definition) is 19. The highest BCUT2D eigenvalue weighted by Gasteiger charge is 2.15. The third kappa shape index (κ3) is 52.8. The van der Waals surface area contributed by atoms with Crippen LogP contribution in [0.15, 0.2) is 0 Å². The molecule has 0 bridgehead atoms. The molecule has 0 heterocycles. The van der Waals surface area contributed by atoms with Crippen molar-refractivity contribution >= 4 is 5.97 Å². The lowest BCUT2D eigenvalue weighted by atomic mass is 10.2. The first-order chi connectivity index (χ1) is 28.5. The van der Waals surface area contributed by atoms with Gasteiger partial charge in [-0.05, 0) is 20.8 Å². The monoisotopic (exact) mass is 851 g/mol. The minimum atomic E-state index is -0.479. The lowest BCUT2D eigenvalue weighted by Gasteiger charge is -2.19. The van der Waals surface area contributed by atoms with Crippen molar-refractivity contribution < 1.29 is 90.4 Å². The van der Waals surface area contributed by atoms with E-state index in [1.54, 1.807) is 0 Å². The Morgan fingerprint density at radius 3 is 0.603 bits per heavy atom. The maximum atomic E-state index is 11.6. The lowest BCUT2D eigenvalue weighted by molar-refractivity contribution is -0.156. The Labute approximate surface area is 346 Å². The molecule has 1 N–H and O–H groups in total. The summed E-state index contributed by atoms with van der Waals surface area (Å²) in [4.78, 5) is 11.6. The molecule has 0 saturated heterocycles. The summed E-state index contributed by atoms with van der Waals surface area (Å²) in [6, 6.07) is 0. The van der Waals surface area contributed by atoms with Gasteiger partial charge in [0.25, 0.3) is 0 Å². The van der Waals surface area contributed by atoms with Crippen LogP contribution >= 0.6 is 0 Å². The van der Waals surface area contributed by atoms with E-state index in [9.17, 15) is 4.79 Å². The van der Waals surface area contributed by atoms with Gasteiger partial charge in [-0.15, -0.1) is 0 Å². The lowest BCUT2D eigenvalue weighted by Crippen LogP contribution is -2.24. The number of carbonyl (C=O) groups is 1. The highest BCUT2D eigenvalue weighted by atomic mass is 16.6. The zero-order valence-electron chi connectivity index (χ0n) is 35.8. The summed E-state index contributed by atoms with van der Waals surface area (Å²) in [7, 11) is 0. The van der Waals surface area contributed by atoms with Gasteiger partial charge in [0, 0.05) is 0 Å². The van der Waals surface area contributed by atoms with Crippen molar-refractivity contribution in [3.63, 3.8) is 0 Å². The minimum absolute atomic E-state index is 0.0197. The van der Waals surface area contributed by atoms with E-state index in [1.807, 2.05) is 20.8 Å². The highest BCUT2D eigenvalue weighted by Crippen LogP contribution is 2.08. The zero-order chi connectivity index (χ0) is 42.1. The number of hydrogen-bond donors (Lipinski definition) is 1. The topological polar surface area (TPSA) is 194 Å². The van der Waals surface area contributed by atoms with Crippen molar-refractivity contribution in [1.82, 2.24) is 0 Å². The fourth-order valence-electron chi connectivity index (χ4n) is 4.01. The minimum Gasteiger partial charge on any atom is -0.460 e. The van der Waals surface area contributed by atoms with Crippen LogP contribution in [0.2, 0.25) is 0 Å². The van der Waals surface area contributed by atoms with Gasteiger partial charge >= 0.3 is 5.97 Å². The molecule has 0 aromatic rings. The van der Waals surface area contributed by atoms with Crippen molar-refractivity contribution in [2.75, 3.05) is 218 Å². The highest BCUT2D eigenvalue weighted by molar-refractivity contribution is 5.69. The number of ether oxygens (including phenoxy) is 17. The van der Waals surface area contributed by atoms with E-state index >= 15 is 0 Å². The molecule has 0 aliphatic heterocycles. The fraction of sp³-hybridized carbons (Fsp3) is 0.974. The van der Waals surface area contributed by atoms with Crippen LogP contribution in [-0.4, -0.2) is 235 Å². The maximum Gasteiger partial charge on any atom is 0.308 e. The van der Waals surface area contributed by atoms with Crippen molar-refractivity contribution in [2.45, 2.75) is 32.8 Å². The van der Waals surface area contributed by atoms with Crippen LogP contribution in [0.1, 0.15) is 27.2 Å². The Hall–Kier alpha value is -1.21. The molecule has 19 nitrogen and oxygen atoms in total. The SMILES string of the molecule is CC(C)(C)OC(=O)CCOCCOCCOCCOCCOCCOCCOCCOCCOCCOCCOCCOCCOCCOCCOCCOCCO. The average Bonchev–Trinajstić information content (AvgIpc) is 3.19. The second kappa shape index (κ2) is 48.5. The molecule has 0 fully saturated rings. The molecule has 0 spiro atoms. The molecule has 0 aliphatic carbocycles. The number of carbonyl (C=O) groups excluding carboxylic acids is 1. The van der Waals surface area contributed by atoms with Gasteiger partial charge < -0.3 is 85.6 Å². The predicted molar refractivity (Wildman–Crippen MR) is 211 cm³/mol. The number of aliphatic hydroxyl groups excluding tert-OH is 1. The fourth-order valence-corrected chi connectivity index (χ4v) is 4.01. The smallest absolute Gasteiger partial charge is 0.308 e. The molecule has 19 heteroatoms. The van der Waals surface area contributed by atoms with Gasteiger partial charge in [-0.3, -0.25) is 4.79 Å². The zero-order valence-corrected chi connectivity index (χ0v) is 35.8. The maximum absolute atomic E-state index is 11.6. The molecule has 0 aliphatic rings. The summed E-state index contributed by atoms with van der Waals surface area (Å²) >= 11 is 0. The van der Waals surface area contributed by atoms with Gasteiger partial charge in [0.2, 0.25) is 0 Å². The number of esters is 1. The molecule has 0 unspecified atom stereocenters. The second-order valence-electron chi connectivity index (χ2n) is 12.9. The van der Waals surface area contributed by atoms with Gasteiger partial charge in [-0.1, -0.05) is 0 Å². The first-order valence-electron chi connectivity index (χ1n) is 20.5. The van der Waals surface area contributed by atoms with Crippen LogP contribution in [0.25, 0.3) is 0 Å².